The number of hydrazine groups is 1. The van der Waals surface area contributed by atoms with Gasteiger partial charge >= 0.3 is 19.9 Å². The lowest BCUT2D eigenvalue weighted by molar-refractivity contribution is -0.157. The summed E-state index contributed by atoms with van der Waals surface area (Å²) in [5.74, 6) is 5.59. The van der Waals surface area contributed by atoms with Crippen molar-refractivity contribution >= 4 is 42.2 Å². The van der Waals surface area contributed by atoms with Crippen molar-refractivity contribution in [3.05, 3.63) is 83.3 Å². The van der Waals surface area contributed by atoms with Crippen LogP contribution in [0.25, 0.3) is 11.0 Å². The quantitative estimate of drug-likeness (QED) is 0.0598. The lowest BCUT2D eigenvalue weighted by atomic mass is 9.78. The van der Waals surface area contributed by atoms with Gasteiger partial charge in [-0.15, -0.1) is 0 Å². The molecule has 5 atom stereocenters. The molecule has 52 heavy (non-hydrogen) atoms. The van der Waals surface area contributed by atoms with E-state index in [2.05, 4.69) is 15.1 Å². The molecule has 2 aromatic carbocycles. The Hall–Kier alpha value is -3.80. The number of hydrogen-bond acceptors (Lipinski definition) is 12. The van der Waals surface area contributed by atoms with E-state index in [1.54, 1.807) is 12.3 Å². The molecule has 280 valence electrons. The summed E-state index contributed by atoms with van der Waals surface area (Å²) >= 11 is 6.01. The first kappa shape index (κ1) is 37.9. The van der Waals surface area contributed by atoms with E-state index in [4.69, 9.17) is 36.0 Å². The van der Waals surface area contributed by atoms with Crippen LogP contribution in [-0.2, 0) is 36.1 Å². The van der Waals surface area contributed by atoms with Crippen molar-refractivity contribution in [1.82, 2.24) is 19.6 Å². The number of rotatable bonds is 13. The zero-order valence-electron chi connectivity index (χ0n) is 28.0. The van der Waals surface area contributed by atoms with E-state index in [1.165, 1.54) is 65.3 Å². The second kappa shape index (κ2) is 14.6. The van der Waals surface area contributed by atoms with Gasteiger partial charge in [-0.25, -0.2) is 20.4 Å². The van der Waals surface area contributed by atoms with Gasteiger partial charge in [0, 0.05) is 23.3 Å². The summed E-state index contributed by atoms with van der Waals surface area (Å²) in [4.78, 5) is 22.0. The minimum absolute atomic E-state index is 0.0373. The third-order valence-electron chi connectivity index (χ3n) is 9.19. The molecule has 2 fully saturated rings. The minimum atomic E-state index is -4.67. The maximum absolute atomic E-state index is 14.5. The Morgan fingerprint density at radius 1 is 1.19 bits per heavy atom. The number of nitrogens with two attached hydrogens (primary N) is 1. The first-order valence-corrected chi connectivity index (χ1v) is 18.2. The zero-order chi connectivity index (χ0) is 37.5. The van der Waals surface area contributed by atoms with Crippen molar-refractivity contribution in [2.75, 3.05) is 18.2 Å². The fraction of sp³-hybridized carbons (Fsp3) is 0.424. The number of hydrogen-bond donors (Lipinski definition) is 4. The van der Waals surface area contributed by atoms with Crippen LogP contribution in [-0.4, -0.2) is 67.2 Å². The largest absolute Gasteiger partial charge is 0.459 e. The molecule has 0 bridgehead atoms. The fourth-order valence-corrected chi connectivity index (χ4v) is 8.02. The fourth-order valence-electron chi connectivity index (χ4n) is 6.15. The highest BCUT2D eigenvalue weighted by Crippen LogP contribution is 2.52. The Morgan fingerprint density at radius 2 is 1.90 bits per heavy atom. The number of alkyl halides is 3. The Labute approximate surface area is 301 Å². The van der Waals surface area contributed by atoms with Crippen molar-refractivity contribution in [2.45, 2.75) is 75.5 Å². The summed E-state index contributed by atoms with van der Waals surface area (Å²) in [5, 5.41) is 27.7. The second-order valence-corrected chi connectivity index (χ2v) is 14.9. The normalized spacial score (nSPS) is 23.9. The third kappa shape index (κ3) is 7.50. The molecule has 0 radical (unpaired) electrons. The number of benzene rings is 2. The monoisotopic (exact) mass is 768 g/mol. The van der Waals surface area contributed by atoms with Crippen molar-refractivity contribution in [3.63, 3.8) is 0 Å². The van der Waals surface area contributed by atoms with Crippen LogP contribution in [0.5, 0.6) is 5.75 Å². The number of aliphatic hydroxyl groups excluding tert-OH is 1. The molecule has 1 aliphatic carbocycles. The highest BCUT2D eigenvalue weighted by molar-refractivity contribution is 7.52. The van der Waals surface area contributed by atoms with E-state index < -0.39 is 68.2 Å². The van der Waals surface area contributed by atoms with Crippen molar-refractivity contribution in [3.8, 4) is 5.75 Å². The molecule has 19 heteroatoms. The summed E-state index contributed by atoms with van der Waals surface area (Å²) in [6, 6.07) is 12.2. The number of esters is 1. The summed E-state index contributed by atoms with van der Waals surface area (Å²) in [6.07, 6.45) is -5.15. The second-order valence-electron chi connectivity index (χ2n) is 12.8. The molecular formula is C33H37ClF3N6O8P. The zero-order valence-corrected chi connectivity index (χ0v) is 29.6. The number of anilines is 1. The van der Waals surface area contributed by atoms with Gasteiger partial charge in [-0.2, -0.15) is 18.3 Å². The van der Waals surface area contributed by atoms with Crippen LogP contribution in [0.2, 0.25) is 5.02 Å². The van der Waals surface area contributed by atoms with E-state index in [1.807, 2.05) is 6.92 Å². The van der Waals surface area contributed by atoms with Gasteiger partial charge in [0.15, 0.2) is 12.0 Å². The number of nitrogens with zero attached hydrogens (tertiary/aromatic N) is 4. The first-order valence-electron chi connectivity index (χ1n) is 16.3. The lowest BCUT2D eigenvalue weighted by Crippen LogP contribution is -2.57. The van der Waals surface area contributed by atoms with Crippen molar-refractivity contribution < 1.29 is 51.3 Å². The van der Waals surface area contributed by atoms with Crippen LogP contribution in [0.3, 0.4) is 0 Å². The average molecular weight is 769 g/mol. The number of carbonyl (C=O) groups is 1. The van der Waals surface area contributed by atoms with Crippen LogP contribution in [0.4, 0.5) is 19.0 Å². The summed E-state index contributed by atoms with van der Waals surface area (Å²) in [6.45, 7) is 2.35. The predicted octanol–water partition coefficient (Wildman–Crippen LogP) is 5.27. The van der Waals surface area contributed by atoms with Gasteiger partial charge in [-0.05, 0) is 69.5 Å². The van der Waals surface area contributed by atoms with Crippen LogP contribution in [0.15, 0.2) is 67.1 Å². The van der Waals surface area contributed by atoms with E-state index in [0.29, 0.717) is 34.8 Å². The van der Waals surface area contributed by atoms with E-state index >= 15 is 0 Å². The molecule has 4 aromatic rings. The molecule has 0 amide bonds. The molecule has 1 saturated carbocycles. The SMILES string of the molecule is CCN(N)c1ncnc2c1ccn2C1OC(COP(=O)(NC2(C(=O)OCc3ccccc3C(F)(F)F)CCC2)Oc2ccc(Cl)cc2)[C@@H](O)[C@@]1(C)O. The van der Waals surface area contributed by atoms with Gasteiger partial charge < -0.3 is 28.8 Å². The number of nitrogens with one attached hydrogen (secondary N) is 1. The Kier molecular flexibility index (Phi) is 10.6. The van der Waals surface area contributed by atoms with Gasteiger partial charge in [-0.3, -0.25) is 14.3 Å². The lowest BCUT2D eigenvalue weighted by Gasteiger charge is -2.41. The van der Waals surface area contributed by atoms with Gasteiger partial charge in [0.05, 0.1) is 17.6 Å². The van der Waals surface area contributed by atoms with Gasteiger partial charge in [0.1, 0.15) is 47.7 Å². The van der Waals surface area contributed by atoms with Crippen molar-refractivity contribution in [2.24, 2.45) is 5.84 Å². The number of ether oxygens (including phenoxy) is 2. The number of fused-ring (bicyclic) bond motifs is 1. The molecule has 3 heterocycles. The number of halogens is 4. The van der Waals surface area contributed by atoms with Crippen LogP contribution in [0.1, 0.15) is 50.5 Å². The molecule has 3 unspecified atom stereocenters. The van der Waals surface area contributed by atoms with Crippen LogP contribution < -0.4 is 20.5 Å². The Balaban J connectivity index is 1.23. The summed E-state index contributed by atoms with van der Waals surface area (Å²) in [7, 11) is -4.58. The van der Waals surface area contributed by atoms with Crippen LogP contribution in [0, 0.1) is 0 Å². The maximum Gasteiger partial charge on any atom is 0.459 e. The Bertz CT molecular complexity index is 1960. The van der Waals surface area contributed by atoms with Gasteiger partial charge in [0.2, 0.25) is 0 Å². The van der Waals surface area contributed by atoms with Crippen LogP contribution >= 0.6 is 19.3 Å². The smallest absolute Gasteiger partial charge is 0.459 e. The molecule has 1 saturated heterocycles. The summed E-state index contributed by atoms with van der Waals surface area (Å²) < 4.78 is 79.8. The minimum Gasteiger partial charge on any atom is -0.459 e. The molecule has 5 N–H and O–H groups in total. The highest BCUT2D eigenvalue weighted by atomic mass is 35.5. The first-order chi connectivity index (χ1) is 24.6. The van der Waals surface area contributed by atoms with Gasteiger partial charge in [0.25, 0.3) is 0 Å². The Morgan fingerprint density at radius 3 is 2.56 bits per heavy atom. The molecule has 1 aliphatic heterocycles. The van der Waals surface area contributed by atoms with E-state index in [-0.39, 0.29) is 24.2 Å². The predicted molar refractivity (Wildman–Crippen MR) is 182 cm³/mol. The number of aromatic nitrogens is 3. The topological polar surface area (TPSA) is 184 Å². The molecule has 14 nitrogen and oxygen atoms in total. The van der Waals surface area contributed by atoms with Crippen molar-refractivity contribution in [1.29, 1.82) is 0 Å². The number of carbonyl (C=O) groups excluding carboxylic acids is 1. The van der Waals surface area contributed by atoms with E-state index in [9.17, 15) is 32.7 Å². The van der Waals surface area contributed by atoms with Gasteiger partial charge in [-0.1, -0.05) is 29.8 Å². The van der Waals surface area contributed by atoms with E-state index in [0.717, 1.165) is 6.07 Å². The molecule has 6 rings (SSSR count). The molecular weight excluding hydrogens is 732 g/mol. The average Bonchev–Trinajstić information content (AvgIpc) is 3.62. The maximum atomic E-state index is 14.5. The molecule has 2 aliphatic rings. The number of aliphatic hydroxyl groups is 2. The third-order valence-corrected chi connectivity index (χ3v) is 11.1. The summed E-state index contributed by atoms with van der Waals surface area (Å²) in [5.41, 5.74) is -4.42. The molecule has 0 spiro atoms. The molecule has 2 aromatic heterocycles. The standard InChI is InChI=1S/C33H37ClF3N6O8P/c1-3-43(38)28-23-13-16-42(27(23)39-19-40-28)29-31(2,46)26(44)25(50-29)18-49-52(47,51-22-11-9-21(34)10-12-22)41-32(14-6-15-32)30(45)48-17-20-7-4-5-8-24(20)33(35,36)37/h4-5,7-13,16,19,25-26,29,44,46H,3,6,14-15,17-18,38H2,1-2H3,(H,41,47)/t25?,26-,29?,31-,52?/m1/s1. The highest BCUT2D eigenvalue weighted by Gasteiger charge is 2.55.